The molecule has 5 heteroatoms. The first-order chi connectivity index (χ1) is 10.2. The Balaban J connectivity index is 1.68. The predicted molar refractivity (Wildman–Crippen MR) is 89.0 cm³/mol. The summed E-state index contributed by atoms with van der Waals surface area (Å²) in [5, 5.41) is 0.704. The van der Waals surface area contributed by atoms with E-state index in [-0.39, 0.29) is 0 Å². The molecule has 0 spiro atoms. The minimum Gasteiger partial charge on any atom is -0.399 e. The smallest absolute Gasteiger partial charge is 0.0991 e. The van der Waals surface area contributed by atoms with Gasteiger partial charge in [0.15, 0.2) is 0 Å². The molecule has 0 bridgehead atoms. The Morgan fingerprint density at radius 3 is 2.62 bits per heavy atom. The van der Waals surface area contributed by atoms with Crippen LogP contribution in [-0.4, -0.2) is 9.55 Å². The van der Waals surface area contributed by atoms with E-state index in [1.807, 2.05) is 22.9 Å². The van der Waals surface area contributed by atoms with E-state index in [4.69, 9.17) is 17.3 Å². The summed E-state index contributed by atoms with van der Waals surface area (Å²) in [4.78, 5) is 5.09. The third-order valence-corrected chi connectivity index (χ3v) is 4.66. The van der Waals surface area contributed by atoms with Gasteiger partial charge in [0.25, 0.3) is 0 Å². The van der Waals surface area contributed by atoms with Crippen molar-refractivity contribution in [3.05, 3.63) is 71.8 Å². The maximum Gasteiger partial charge on any atom is 0.0991 e. The topological polar surface area (TPSA) is 43.8 Å². The monoisotopic (exact) mass is 315 g/mol. The van der Waals surface area contributed by atoms with Gasteiger partial charge in [0.05, 0.1) is 11.3 Å². The van der Waals surface area contributed by atoms with Gasteiger partial charge in [-0.15, -0.1) is 11.8 Å². The molecule has 0 radical (unpaired) electrons. The number of nitrogens with two attached hydrogens (primary N) is 1. The maximum atomic E-state index is 6.18. The number of thioether (sulfide) groups is 1. The number of nitrogens with zero attached hydrogens (tertiary/aromatic N) is 2. The van der Waals surface area contributed by atoms with Gasteiger partial charge in [-0.2, -0.15) is 0 Å². The quantitative estimate of drug-likeness (QED) is 0.573. The Hall–Kier alpha value is -1.91. The third-order valence-electron chi connectivity index (χ3n) is 3.09. The van der Waals surface area contributed by atoms with Crippen molar-refractivity contribution in [3.63, 3.8) is 0 Å². The summed E-state index contributed by atoms with van der Waals surface area (Å²) in [6.45, 7) is 0. The third kappa shape index (κ3) is 3.40. The number of anilines is 1. The number of nitrogen functional groups attached to an aromatic ring is 1. The lowest BCUT2D eigenvalue weighted by molar-refractivity contribution is 1.05. The Morgan fingerprint density at radius 2 is 1.95 bits per heavy atom. The van der Waals surface area contributed by atoms with Crippen LogP contribution in [0.25, 0.3) is 5.69 Å². The van der Waals surface area contributed by atoms with Gasteiger partial charge in [0.2, 0.25) is 0 Å². The van der Waals surface area contributed by atoms with Crippen molar-refractivity contribution in [2.45, 2.75) is 10.6 Å². The molecule has 0 aliphatic carbocycles. The van der Waals surface area contributed by atoms with Crippen molar-refractivity contribution in [2.75, 3.05) is 5.73 Å². The molecule has 21 heavy (non-hydrogen) atoms. The van der Waals surface area contributed by atoms with Gasteiger partial charge >= 0.3 is 0 Å². The summed E-state index contributed by atoms with van der Waals surface area (Å²) < 4.78 is 1.98. The molecule has 0 amide bonds. The first-order valence-electron chi connectivity index (χ1n) is 6.47. The number of hydrogen-bond donors (Lipinski definition) is 1. The van der Waals surface area contributed by atoms with Crippen molar-refractivity contribution in [1.82, 2.24) is 9.55 Å². The molecule has 0 unspecified atom stereocenters. The first-order valence-corrected chi connectivity index (χ1v) is 7.84. The van der Waals surface area contributed by atoms with Crippen LogP contribution in [-0.2, 0) is 5.75 Å². The molecule has 1 aromatic heterocycles. The molecule has 0 aliphatic rings. The zero-order chi connectivity index (χ0) is 14.7. The van der Waals surface area contributed by atoms with Gasteiger partial charge in [-0.25, -0.2) is 4.98 Å². The Kier molecular flexibility index (Phi) is 4.18. The average Bonchev–Trinajstić information content (AvgIpc) is 3.01. The van der Waals surface area contributed by atoms with Gasteiger partial charge in [-0.05, 0) is 35.9 Å². The van der Waals surface area contributed by atoms with Gasteiger partial charge < -0.3 is 10.3 Å². The van der Waals surface area contributed by atoms with Crippen LogP contribution in [0.2, 0.25) is 5.02 Å². The average molecular weight is 316 g/mol. The van der Waals surface area contributed by atoms with E-state index in [0.29, 0.717) is 10.7 Å². The number of aromatic nitrogens is 2. The van der Waals surface area contributed by atoms with Crippen LogP contribution in [0.3, 0.4) is 0 Å². The lowest BCUT2D eigenvalue weighted by atomic mass is 10.2. The molecule has 106 valence electrons. The van der Waals surface area contributed by atoms with Crippen LogP contribution in [0.1, 0.15) is 5.56 Å². The minimum atomic E-state index is 0.689. The SMILES string of the molecule is Nc1ccc(SCc2ccc(-n3ccnc3)cc2)c(Cl)c1. The molecule has 3 rings (SSSR count). The standard InChI is InChI=1S/C16H14ClN3S/c17-15-9-13(18)3-6-16(15)21-10-12-1-4-14(5-2-12)20-8-7-19-11-20/h1-9,11H,10,18H2. The van der Waals surface area contributed by atoms with Crippen molar-refractivity contribution >= 4 is 29.1 Å². The van der Waals surface area contributed by atoms with E-state index in [1.54, 1.807) is 30.4 Å². The van der Waals surface area contributed by atoms with Crippen molar-refractivity contribution in [1.29, 1.82) is 0 Å². The second-order valence-electron chi connectivity index (χ2n) is 4.61. The van der Waals surface area contributed by atoms with Crippen molar-refractivity contribution in [3.8, 4) is 5.69 Å². The normalized spacial score (nSPS) is 10.7. The highest BCUT2D eigenvalue weighted by atomic mass is 35.5. The Labute approximate surface area is 132 Å². The van der Waals surface area contributed by atoms with Crippen LogP contribution < -0.4 is 5.73 Å². The highest BCUT2D eigenvalue weighted by Crippen LogP contribution is 2.31. The number of halogens is 1. The van der Waals surface area contributed by atoms with Crippen LogP contribution in [0, 0.1) is 0 Å². The second kappa shape index (κ2) is 6.24. The Bertz CT molecular complexity index is 724. The van der Waals surface area contributed by atoms with Gasteiger partial charge in [0.1, 0.15) is 0 Å². The zero-order valence-corrected chi connectivity index (χ0v) is 12.8. The highest BCUT2D eigenvalue weighted by Gasteiger charge is 2.03. The minimum absolute atomic E-state index is 0.689. The molecule has 0 fully saturated rings. The zero-order valence-electron chi connectivity index (χ0n) is 11.2. The lowest BCUT2D eigenvalue weighted by Gasteiger charge is -2.07. The fourth-order valence-corrected chi connectivity index (χ4v) is 3.20. The van der Waals surface area contributed by atoms with E-state index in [9.17, 15) is 0 Å². The number of hydrogen-bond acceptors (Lipinski definition) is 3. The van der Waals surface area contributed by atoms with Gasteiger partial charge in [0, 0.05) is 34.4 Å². The number of imidazole rings is 1. The maximum absolute atomic E-state index is 6.18. The van der Waals surface area contributed by atoms with Crippen molar-refractivity contribution in [2.24, 2.45) is 0 Å². The molecule has 2 N–H and O–H groups in total. The number of rotatable bonds is 4. The molecular weight excluding hydrogens is 302 g/mol. The summed E-state index contributed by atoms with van der Waals surface area (Å²) in [5.74, 6) is 0.869. The summed E-state index contributed by atoms with van der Waals surface area (Å²) in [6.07, 6.45) is 5.49. The molecular formula is C16H14ClN3S. The van der Waals surface area contributed by atoms with E-state index in [1.165, 1.54) is 5.56 Å². The molecule has 3 aromatic rings. The van der Waals surface area contributed by atoms with Crippen LogP contribution in [0.15, 0.2) is 66.1 Å². The van der Waals surface area contributed by atoms with Crippen LogP contribution in [0.4, 0.5) is 5.69 Å². The van der Waals surface area contributed by atoms with E-state index in [2.05, 4.69) is 29.2 Å². The van der Waals surface area contributed by atoms with E-state index in [0.717, 1.165) is 16.3 Å². The van der Waals surface area contributed by atoms with Crippen molar-refractivity contribution < 1.29 is 0 Å². The largest absolute Gasteiger partial charge is 0.399 e. The summed E-state index contributed by atoms with van der Waals surface area (Å²) in [5.41, 5.74) is 8.74. The molecule has 3 nitrogen and oxygen atoms in total. The summed E-state index contributed by atoms with van der Waals surface area (Å²) in [7, 11) is 0. The van der Waals surface area contributed by atoms with Crippen LogP contribution >= 0.6 is 23.4 Å². The number of benzene rings is 2. The molecule has 0 saturated heterocycles. The fourth-order valence-electron chi connectivity index (χ4n) is 1.97. The fraction of sp³-hybridized carbons (Fsp3) is 0.0625. The molecule has 0 saturated carbocycles. The predicted octanol–water partition coefficient (Wildman–Crippen LogP) is 4.40. The second-order valence-corrected chi connectivity index (χ2v) is 6.04. The van der Waals surface area contributed by atoms with Crippen LogP contribution in [0.5, 0.6) is 0 Å². The molecule has 0 aliphatic heterocycles. The van der Waals surface area contributed by atoms with E-state index < -0.39 is 0 Å². The first kappa shape index (κ1) is 14.0. The van der Waals surface area contributed by atoms with E-state index >= 15 is 0 Å². The molecule has 2 aromatic carbocycles. The molecule has 0 atom stereocenters. The van der Waals surface area contributed by atoms with Gasteiger partial charge in [-0.1, -0.05) is 23.7 Å². The lowest BCUT2D eigenvalue weighted by Crippen LogP contribution is -1.90. The summed E-state index contributed by atoms with van der Waals surface area (Å²) in [6, 6.07) is 14.0. The van der Waals surface area contributed by atoms with Gasteiger partial charge in [-0.3, -0.25) is 0 Å². The Morgan fingerprint density at radius 1 is 1.14 bits per heavy atom. The molecule has 1 heterocycles. The highest BCUT2D eigenvalue weighted by molar-refractivity contribution is 7.98. The summed E-state index contributed by atoms with van der Waals surface area (Å²) >= 11 is 7.88.